The van der Waals surface area contributed by atoms with Crippen LogP contribution in [0.3, 0.4) is 0 Å². The lowest BCUT2D eigenvalue weighted by atomic mass is 9.82. The molecule has 0 atom stereocenters. The highest BCUT2D eigenvalue weighted by Gasteiger charge is 2.42. The number of nitrogens with zero attached hydrogens (tertiary/aromatic N) is 3. The largest absolute Gasteiger partial charge is 0.279 e. The average Bonchev–Trinajstić information content (AvgIpc) is 3.04. The third-order valence-corrected chi connectivity index (χ3v) is 6.64. The number of rotatable bonds is 0. The van der Waals surface area contributed by atoms with E-state index >= 15 is 0 Å². The lowest BCUT2D eigenvalue weighted by molar-refractivity contribution is 0.403. The second-order valence-electron chi connectivity index (χ2n) is 11.3. The summed E-state index contributed by atoms with van der Waals surface area (Å²) in [5.41, 5.74) is 8.72. The van der Waals surface area contributed by atoms with E-state index < -0.39 is 0 Å². The molecule has 0 aliphatic heterocycles. The van der Waals surface area contributed by atoms with E-state index in [0.717, 1.165) is 34.3 Å². The predicted molar refractivity (Wildman–Crippen MR) is 122 cm³/mol. The molecular weight excluding hydrogens is 354 g/mol. The summed E-state index contributed by atoms with van der Waals surface area (Å²) in [4.78, 5) is 10.3. The van der Waals surface area contributed by atoms with E-state index in [1.54, 1.807) is 0 Å². The minimum Gasteiger partial charge on any atom is -0.279 e. The fourth-order valence-corrected chi connectivity index (χ4v) is 5.53. The predicted octanol–water partition coefficient (Wildman–Crippen LogP) is 6.60. The first-order valence-electron chi connectivity index (χ1n) is 10.7. The number of imidazole rings is 1. The summed E-state index contributed by atoms with van der Waals surface area (Å²) in [6.45, 7) is 18.3. The van der Waals surface area contributed by atoms with Crippen molar-refractivity contribution in [3.63, 3.8) is 0 Å². The van der Waals surface area contributed by atoms with Gasteiger partial charge in [0.25, 0.3) is 0 Å². The third-order valence-electron chi connectivity index (χ3n) is 6.64. The Labute approximate surface area is 173 Å². The fraction of sp³-hybridized carbons (Fsp3) is 0.462. The van der Waals surface area contributed by atoms with Gasteiger partial charge in [-0.15, -0.1) is 0 Å². The summed E-state index contributed by atoms with van der Waals surface area (Å²) in [5, 5.41) is 1.13. The Morgan fingerprint density at radius 2 is 1.52 bits per heavy atom. The molecule has 0 amide bonds. The summed E-state index contributed by atoms with van der Waals surface area (Å²) in [7, 11) is 0. The number of fused-ring (bicyclic) bond motifs is 6. The van der Waals surface area contributed by atoms with Gasteiger partial charge in [0.15, 0.2) is 0 Å². The van der Waals surface area contributed by atoms with Gasteiger partial charge >= 0.3 is 0 Å². The zero-order valence-electron chi connectivity index (χ0n) is 18.9. The SMILES string of the molecule is Cc1ccc2nc(C(C)(C)C)n3c4cc5c(cc4nc3c2c1)C(C)(C)CC5(C)C. The van der Waals surface area contributed by atoms with Gasteiger partial charge in [0.05, 0.1) is 16.6 Å². The van der Waals surface area contributed by atoms with E-state index in [9.17, 15) is 0 Å². The molecule has 0 spiro atoms. The molecule has 2 heterocycles. The van der Waals surface area contributed by atoms with Crippen molar-refractivity contribution >= 4 is 27.6 Å². The molecule has 5 rings (SSSR count). The van der Waals surface area contributed by atoms with E-state index in [2.05, 4.69) is 90.1 Å². The van der Waals surface area contributed by atoms with Gasteiger partial charge in [-0.25, -0.2) is 9.97 Å². The van der Waals surface area contributed by atoms with Crippen LogP contribution in [-0.4, -0.2) is 14.4 Å². The molecule has 0 radical (unpaired) electrons. The highest BCUT2D eigenvalue weighted by atomic mass is 15.1. The molecule has 0 bridgehead atoms. The first-order valence-corrected chi connectivity index (χ1v) is 10.7. The molecule has 0 saturated heterocycles. The first-order chi connectivity index (χ1) is 13.4. The number of hydrogen-bond donors (Lipinski definition) is 0. The van der Waals surface area contributed by atoms with Gasteiger partial charge in [0, 0.05) is 10.8 Å². The molecule has 3 nitrogen and oxygen atoms in total. The maximum Gasteiger partial charge on any atom is 0.148 e. The van der Waals surface area contributed by atoms with Gasteiger partial charge in [0.1, 0.15) is 11.5 Å². The number of benzene rings is 2. The smallest absolute Gasteiger partial charge is 0.148 e. The summed E-state index contributed by atoms with van der Waals surface area (Å²) in [6, 6.07) is 11.2. The van der Waals surface area contributed by atoms with Crippen LogP contribution in [0.1, 0.15) is 77.4 Å². The topological polar surface area (TPSA) is 30.2 Å². The molecular formula is C26H31N3. The minimum atomic E-state index is -0.0846. The van der Waals surface area contributed by atoms with Crippen molar-refractivity contribution in [3.8, 4) is 0 Å². The molecule has 0 N–H and O–H groups in total. The molecule has 150 valence electrons. The second-order valence-corrected chi connectivity index (χ2v) is 11.3. The zero-order chi connectivity index (χ0) is 20.9. The van der Waals surface area contributed by atoms with Crippen molar-refractivity contribution in [2.75, 3.05) is 0 Å². The normalized spacial score (nSPS) is 18.1. The molecule has 0 saturated carbocycles. The maximum atomic E-state index is 5.17. The van der Waals surface area contributed by atoms with Crippen molar-refractivity contribution in [2.45, 2.75) is 78.1 Å². The van der Waals surface area contributed by atoms with Gasteiger partial charge < -0.3 is 0 Å². The highest BCUT2D eigenvalue weighted by molar-refractivity contribution is 5.97. The standard InChI is InChI=1S/C26H31N3/c1-15-9-10-19-16(11-15)22-27-20-12-17-18(26(7,8)14-25(17,5)6)13-21(20)29(22)23(28-19)24(2,3)4/h9-13H,14H2,1-8H3. The van der Waals surface area contributed by atoms with Crippen LogP contribution in [0.15, 0.2) is 30.3 Å². The molecule has 0 fully saturated rings. The summed E-state index contributed by atoms with van der Waals surface area (Å²) in [6.07, 6.45) is 1.16. The Morgan fingerprint density at radius 1 is 0.862 bits per heavy atom. The minimum absolute atomic E-state index is 0.0846. The molecule has 2 aromatic heterocycles. The molecule has 3 heteroatoms. The lowest BCUT2D eigenvalue weighted by Crippen LogP contribution is -2.19. The zero-order valence-corrected chi connectivity index (χ0v) is 18.9. The van der Waals surface area contributed by atoms with Crippen LogP contribution in [-0.2, 0) is 16.2 Å². The Morgan fingerprint density at radius 3 is 2.17 bits per heavy atom. The van der Waals surface area contributed by atoms with Crippen molar-refractivity contribution in [3.05, 3.63) is 52.8 Å². The van der Waals surface area contributed by atoms with Crippen LogP contribution in [0.25, 0.3) is 27.6 Å². The highest BCUT2D eigenvalue weighted by Crippen LogP contribution is 2.50. The van der Waals surface area contributed by atoms with Crippen LogP contribution in [0.5, 0.6) is 0 Å². The van der Waals surface area contributed by atoms with Crippen molar-refractivity contribution in [2.24, 2.45) is 0 Å². The Balaban J connectivity index is 2.00. The average molecular weight is 386 g/mol. The van der Waals surface area contributed by atoms with Gasteiger partial charge in [-0.3, -0.25) is 4.40 Å². The summed E-state index contributed by atoms with van der Waals surface area (Å²) >= 11 is 0. The van der Waals surface area contributed by atoms with Gasteiger partial charge in [-0.2, -0.15) is 0 Å². The summed E-state index contributed by atoms with van der Waals surface area (Å²) < 4.78 is 2.32. The van der Waals surface area contributed by atoms with E-state index in [4.69, 9.17) is 9.97 Å². The van der Waals surface area contributed by atoms with Gasteiger partial charge in [-0.1, -0.05) is 60.1 Å². The van der Waals surface area contributed by atoms with Crippen LogP contribution in [0, 0.1) is 6.92 Å². The number of hydrogen-bond acceptors (Lipinski definition) is 2. The Bertz CT molecular complexity index is 1310. The second kappa shape index (κ2) is 5.38. The number of aryl methyl sites for hydroxylation is 1. The third kappa shape index (κ3) is 2.56. The monoisotopic (exact) mass is 385 g/mol. The molecule has 29 heavy (non-hydrogen) atoms. The maximum absolute atomic E-state index is 5.17. The van der Waals surface area contributed by atoms with Crippen LogP contribution >= 0.6 is 0 Å². The summed E-state index contributed by atoms with van der Waals surface area (Å²) in [5.74, 6) is 1.07. The fourth-order valence-electron chi connectivity index (χ4n) is 5.53. The molecule has 1 aliphatic rings. The van der Waals surface area contributed by atoms with Crippen molar-refractivity contribution in [1.29, 1.82) is 0 Å². The van der Waals surface area contributed by atoms with Crippen LogP contribution in [0.4, 0.5) is 0 Å². The van der Waals surface area contributed by atoms with E-state index in [-0.39, 0.29) is 16.2 Å². The van der Waals surface area contributed by atoms with Crippen LogP contribution < -0.4 is 0 Å². The van der Waals surface area contributed by atoms with E-state index in [1.807, 2.05) is 0 Å². The Hall–Kier alpha value is -2.42. The quantitative estimate of drug-likeness (QED) is 0.341. The lowest BCUT2D eigenvalue weighted by Gasteiger charge is -2.22. The number of aromatic nitrogens is 3. The molecule has 1 aliphatic carbocycles. The first kappa shape index (κ1) is 18.6. The van der Waals surface area contributed by atoms with E-state index in [0.29, 0.717) is 0 Å². The van der Waals surface area contributed by atoms with Crippen LogP contribution in [0.2, 0.25) is 0 Å². The van der Waals surface area contributed by atoms with Gasteiger partial charge in [-0.05, 0) is 59.6 Å². The van der Waals surface area contributed by atoms with Crippen molar-refractivity contribution < 1.29 is 0 Å². The Kier molecular flexibility index (Phi) is 3.45. The molecule has 4 aromatic rings. The van der Waals surface area contributed by atoms with E-state index in [1.165, 1.54) is 22.2 Å². The molecule has 0 unspecified atom stereocenters. The molecule has 2 aromatic carbocycles. The van der Waals surface area contributed by atoms with Crippen molar-refractivity contribution in [1.82, 2.24) is 14.4 Å². The van der Waals surface area contributed by atoms with Gasteiger partial charge in [0.2, 0.25) is 0 Å².